The van der Waals surface area contributed by atoms with E-state index in [4.69, 9.17) is 21.6 Å². The van der Waals surface area contributed by atoms with Gasteiger partial charge in [-0.05, 0) is 71.1 Å². The Kier molecular flexibility index (Phi) is 9.32. The molecule has 2 fully saturated rings. The van der Waals surface area contributed by atoms with E-state index in [1.165, 1.54) is 7.11 Å². The van der Waals surface area contributed by atoms with Crippen LogP contribution in [-0.4, -0.2) is 47.9 Å². The predicted molar refractivity (Wildman–Crippen MR) is 100 cm³/mol. The molecule has 1 amide bonds. The predicted octanol–water partition coefficient (Wildman–Crippen LogP) is 2.84. The van der Waals surface area contributed by atoms with E-state index in [-0.39, 0.29) is 29.9 Å². The van der Waals surface area contributed by atoms with Crippen molar-refractivity contribution in [3.05, 3.63) is 0 Å². The number of carbonyl (C=O) groups is 3. The zero-order valence-corrected chi connectivity index (χ0v) is 17.2. The van der Waals surface area contributed by atoms with Crippen LogP contribution in [0.15, 0.2) is 0 Å². The van der Waals surface area contributed by atoms with Crippen LogP contribution in [0.5, 0.6) is 0 Å². The minimum absolute atomic E-state index is 0.0521. The number of hydrogen-bond donors (Lipinski definition) is 3. The summed E-state index contributed by atoms with van der Waals surface area (Å²) in [5, 5.41) is 11.5. The summed E-state index contributed by atoms with van der Waals surface area (Å²) >= 11 is 5.42. The lowest BCUT2D eigenvalue weighted by molar-refractivity contribution is -0.145. The average molecular weight is 407 g/mol. The maximum atomic E-state index is 11.4. The number of amides is 1. The summed E-state index contributed by atoms with van der Waals surface area (Å²) in [6.07, 6.45) is 4.00. The van der Waals surface area contributed by atoms with Crippen molar-refractivity contribution in [1.82, 2.24) is 10.2 Å². The largest absolute Gasteiger partial charge is 0.481 e. The number of methoxy groups -OCH3 is 1. The third-order valence-corrected chi connectivity index (χ3v) is 4.93. The van der Waals surface area contributed by atoms with Crippen molar-refractivity contribution in [2.24, 2.45) is 11.8 Å². The van der Waals surface area contributed by atoms with Gasteiger partial charge in [-0.2, -0.15) is 0 Å². The molecule has 0 radical (unpaired) electrons. The molecule has 0 spiro atoms. The normalized spacial score (nSPS) is 27.3. The molecule has 0 aliphatic heterocycles. The van der Waals surface area contributed by atoms with Gasteiger partial charge in [-0.15, -0.1) is 0 Å². The molecular formula is C18H31ClN2O6. The summed E-state index contributed by atoms with van der Waals surface area (Å²) in [5.74, 6) is -1.18. The second kappa shape index (κ2) is 10.7. The lowest BCUT2D eigenvalue weighted by Gasteiger charge is -2.21. The third-order valence-electron chi connectivity index (χ3n) is 4.62. The minimum Gasteiger partial charge on any atom is -0.481 e. The zero-order chi connectivity index (χ0) is 20.6. The van der Waals surface area contributed by atoms with Crippen molar-refractivity contribution in [3.63, 3.8) is 0 Å². The van der Waals surface area contributed by atoms with Crippen LogP contribution >= 0.6 is 11.8 Å². The highest BCUT2D eigenvalue weighted by molar-refractivity contribution is 6.13. The molecule has 3 N–H and O–H groups in total. The fourth-order valence-electron chi connectivity index (χ4n) is 3.27. The van der Waals surface area contributed by atoms with Crippen LogP contribution in [0.2, 0.25) is 0 Å². The first-order valence-electron chi connectivity index (χ1n) is 9.22. The van der Waals surface area contributed by atoms with E-state index in [9.17, 15) is 14.4 Å². The first kappa shape index (κ1) is 23.5. The number of ether oxygens (including phenoxy) is 2. The first-order valence-corrected chi connectivity index (χ1v) is 9.59. The van der Waals surface area contributed by atoms with E-state index in [2.05, 4.69) is 14.9 Å². The number of rotatable bonds is 4. The lowest BCUT2D eigenvalue weighted by Crippen LogP contribution is -2.38. The Bertz CT molecular complexity index is 522. The quantitative estimate of drug-likeness (QED) is 0.485. The molecule has 2 aliphatic carbocycles. The van der Waals surface area contributed by atoms with Crippen LogP contribution < -0.4 is 10.2 Å². The van der Waals surface area contributed by atoms with Gasteiger partial charge in [0.25, 0.3) is 0 Å². The van der Waals surface area contributed by atoms with Gasteiger partial charge in [0.15, 0.2) is 0 Å². The molecule has 2 saturated carbocycles. The summed E-state index contributed by atoms with van der Waals surface area (Å²) in [4.78, 5) is 35.7. The standard InChI is InChI=1S/C11H19NO4.C7H12ClNO2/c1-11(2,3)16-10(15)12-8-5-4-7(6-8)9(13)14;1-11-7(10)5-2-3-6(4-5)9-8/h7-8H,4-6H2,1-3H3,(H,12,15)(H,13,14);5-6,9H,2-4H2,1H3/t7-,8-;5-,6-/m00/s1. The molecule has 2 aliphatic rings. The Morgan fingerprint density at radius 1 is 1.00 bits per heavy atom. The SMILES string of the molecule is CC(C)(C)OC(=O)N[C@H]1CC[C@H](C(=O)O)C1.COC(=O)[C@H]1CC[C@H](NCl)C1. The summed E-state index contributed by atoms with van der Waals surface area (Å²) in [6, 6.07) is 0.205. The second-order valence-corrected chi connectivity index (χ2v) is 8.25. The number of carbonyl (C=O) groups excluding carboxylic acids is 2. The molecule has 0 aromatic rings. The van der Waals surface area contributed by atoms with E-state index >= 15 is 0 Å². The zero-order valence-electron chi connectivity index (χ0n) is 16.4. The molecule has 0 bridgehead atoms. The van der Waals surface area contributed by atoms with Crippen molar-refractivity contribution in [2.75, 3.05) is 7.11 Å². The molecule has 156 valence electrons. The van der Waals surface area contributed by atoms with Crippen LogP contribution in [0, 0.1) is 11.8 Å². The number of hydrogen-bond acceptors (Lipinski definition) is 6. The fourth-order valence-corrected chi connectivity index (χ4v) is 3.47. The number of esters is 1. The molecule has 0 saturated heterocycles. The van der Waals surface area contributed by atoms with E-state index in [1.807, 2.05) is 0 Å². The van der Waals surface area contributed by atoms with Crippen molar-refractivity contribution >= 4 is 29.8 Å². The molecule has 0 aromatic carbocycles. The van der Waals surface area contributed by atoms with E-state index < -0.39 is 17.7 Å². The van der Waals surface area contributed by atoms with Crippen molar-refractivity contribution < 1.29 is 29.0 Å². The summed E-state index contributed by atoms with van der Waals surface area (Å²) in [7, 11) is 1.42. The van der Waals surface area contributed by atoms with Crippen molar-refractivity contribution in [2.45, 2.75) is 77.0 Å². The first-order chi connectivity index (χ1) is 12.6. The molecule has 0 unspecified atom stereocenters. The molecule has 8 nitrogen and oxygen atoms in total. The Morgan fingerprint density at radius 2 is 1.56 bits per heavy atom. The molecule has 0 aromatic heterocycles. The number of aliphatic carboxylic acids is 1. The van der Waals surface area contributed by atoms with Gasteiger partial charge in [-0.1, -0.05) is 0 Å². The van der Waals surface area contributed by atoms with E-state index in [0.717, 1.165) is 19.3 Å². The average Bonchev–Trinajstić information content (AvgIpc) is 3.22. The van der Waals surface area contributed by atoms with Gasteiger partial charge in [-0.3, -0.25) is 9.59 Å². The third kappa shape index (κ3) is 8.79. The monoisotopic (exact) mass is 406 g/mol. The number of carboxylic acids is 1. The van der Waals surface area contributed by atoms with Gasteiger partial charge in [-0.25, -0.2) is 9.63 Å². The lowest BCUT2D eigenvalue weighted by atomic mass is 10.1. The highest BCUT2D eigenvalue weighted by Crippen LogP contribution is 2.27. The molecule has 9 heteroatoms. The summed E-state index contributed by atoms with van der Waals surface area (Å²) < 4.78 is 9.72. The highest BCUT2D eigenvalue weighted by atomic mass is 35.5. The van der Waals surface area contributed by atoms with Crippen LogP contribution in [0.1, 0.15) is 59.3 Å². The number of nitrogens with one attached hydrogen (secondary N) is 2. The maximum absolute atomic E-state index is 11.4. The van der Waals surface area contributed by atoms with Gasteiger partial charge in [0.2, 0.25) is 0 Å². The molecule has 0 heterocycles. The van der Waals surface area contributed by atoms with Crippen molar-refractivity contribution in [1.29, 1.82) is 0 Å². The van der Waals surface area contributed by atoms with E-state index in [0.29, 0.717) is 19.3 Å². The second-order valence-electron chi connectivity index (χ2n) is 8.03. The Labute approximate surface area is 165 Å². The van der Waals surface area contributed by atoms with Gasteiger partial charge in [0.05, 0.1) is 18.9 Å². The van der Waals surface area contributed by atoms with Crippen molar-refractivity contribution in [3.8, 4) is 0 Å². The van der Waals surface area contributed by atoms with Gasteiger partial charge in [0.1, 0.15) is 5.60 Å². The fraction of sp³-hybridized carbons (Fsp3) is 0.833. The molecule has 4 atom stereocenters. The maximum Gasteiger partial charge on any atom is 0.407 e. The van der Waals surface area contributed by atoms with Gasteiger partial charge in [0, 0.05) is 12.1 Å². The molecular weight excluding hydrogens is 376 g/mol. The number of carboxylic acid groups (broad SMARTS) is 1. The van der Waals surface area contributed by atoms with Gasteiger partial charge >= 0.3 is 18.0 Å². The smallest absolute Gasteiger partial charge is 0.407 e. The topological polar surface area (TPSA) is 114 Å². The van der Waals surface area contributed by atoms with Crippen LogP contribution in [0.25, 0.3) is 0 Å². The minimum atomic E-state index is -0.784. The number of alkyl carbamates (subject to hydrolysis) is 1. The van der Waals surface area contributed by atoms with Crippen LogP contribution in [-0.2, 0) is 19.1 Å². The molecule has 2 rings (SSSR count). The Morgan fingerprint density at radius 3 is 2.00 bits per heavy atom. The molecule has 27 heavy (non-hydrogen) atoms. The van der Waals surface area contributed by atoms with E-state index in [1.54, 1.807) is 20.8 Å². The Balaban J connectivity index is 0.000000289. The summed E-state index contributed by atoms with van der Waals surface area (Å²) in [5.41, 5.74) is -0.519. The Hall–Kier alpha value is -1.54. The van der Waals surface area contributed by atoms with Gasteiger partial charge < -0.3 is 19.9 Å². The highest BCUT2D eigenvalue weighted by Gasteiger charge is 2.31. The van der Waals surface area contributed by atoms with Crippen LogP contribution in [0.4, 0.5) is 4.79 Å². The van der Waals surface area contributed by atoms with Crippen LogP contribution in [0.3, 0.4) is 0 Å². The summed E-state index contributed by atoms with van der Waals surface area (Å²) in [6.45, 7) is 5.38. The number of halogens is 1.